The summed E-state index contributed by atoms with van der Waals surface area (Å²) in [6.45, 7) is 0. The van der Waals surface area contributed by atoms with Gasteiger partial charge in [0.15, 0.2) is 5.82 Å². The van der Waals surface area contributed by atoms with Gasteiger partial charge in [-0.15, -0.1) is 0 Å². The molecule has 5 saturated carbocycles. The third-order valence-electron chi connectivity index (χ3n) is 6.94. The van der Waals surface area contributed by atoms with Crippen molar-refractivity contribution in [1.82, 2.24) is 10.2 Å². The number of carbonyl (C=O) groups is 2. The number of fused-ring (bicyclic) bond motifs is 2. The molecule has 1 aromatic rings. The highest BCUT2D eigenvalue weighted by Crippen LogP contribution is 2.73. The summed E-state index contributed by atoms with van der Waals surface area (Å²) in [5.41, 5.74) is 0.0771. The Hall–Kier alpha value is -1.85. The van der Waals surface area contributed by atoms with Gasteiger partial charge in [0.1, 0.15) is 0 Å². The number of carboxylic acid groups (broad SMARTS) is 1. The number of rotatable bonds is 4. The van der Waals surface area contributed by atoms with Gasteiger partial charge in [-0.2, -0.15) is 5.10 Å². The van der Waals surface area contributed by atoms with E-state index in [4.69, 9.17) is 5.11 Å². The quantitative estimate of drug-likeness (QED) is 0.795. The minimum Gasteiger partial charge on any atom is -0.481 e. The van der Waals surface area contributed by atoms with Crippen LogP contribution in [0.5, 0.6) is 0 Å². The first-order valence-electron chi connectivity index (χ1n) is 8.60. The lowest BCUT2D eigenvalue weighted by atomic mass is 9.35. The van der Waals surface area contributed by atoms with E-state index in [0.29, 0.717) is 31.0 Å². The molecular formula is C17H21N3O3. The molecule has 1 heterocycles. The molecule has 3 unspecified atom stereocenters. The molecule has 6 nitrogen and oxygen atoms in total. The lowest BCUT2D eigenvalue weighted by Gasteiger charge is -2.66. The molecule has 5 aliphatic rings. The number of aliphatic carboxylic acids is 1. The fourth-order valence-corrected chi connectivity index (χ4v) is 5.72. The molecule has 3 atom stereocenters. The van der Waals surface area contributed by atoms with Crippen LogP contribution in [0, 0.1) is 22.7 Å². The van der Waals surface area contributed by atoms with Crippen LogP contribution in [0.15, 0.2) is 6.07 Å². The van der Waals surface area contributed by atoms with Crippen LogP contribution in [-0.4, -0.2) is 27.2 Å². The Labute approximate surface area is 134 Å². The number of hydrogen-bond acceptors (Lipinski definition) is 3. The Morgan fingerprint density at radius 3 is 2.61 bits per heavy atom. The molecule has 23 heavy (non-hydrogen) atoms. The summed E-state index contributed by atoms with van der Waals surface area (Å²) in [6.07, 6.45) is 6.70. The van der Waals surface area contributed by atoms with Crippen molar-refractivity contribution in [3.05, 3.63) is 11.8 Å². The first kappa shape index (κ1) is 13.6. The number of carboxylic acids is 1. The van der Waals surface area contributed by atoms with E-state index in [1.807, 2.05) is 6.07 Å². The monoisotopic (exact) mass is 315 g/mol. The van der Waals surface area contributed by atoms with Crippen LogP contribution < -0.4 is 5.32 Å². The van der Waals surface area contributed by atoms with Crippen LogP contribution in [0.2, 0.25) is 0 Å². The molecule has 4 bridgehead atoms. The molecular weight excluding hydrogens is 294 g/mol. The van der Waals surface area contributed by atoms with E-state index in [-0.39, 0.29) is 5.91 Å². The van der Waals surface area contributed by atoms with Crippen LogP contribution in [0.4, 0.5) is 5.82 Å². The predicted molar refractivity (Wildman–Crippen MR) is 81.8 cm³/mol. The zero-order valence-electron chi connectivity index (χ0n) is 13.0. The van der Waals surface area contributed by atoms with Crippen molar-refractivity contribution in [2.24, 2.45) is 22.7 Å². The highest BCUT2D eigenvalue weighted by molar-refractivity contribution is 6.00. The van der Waals surface area contributed by atoms with E-state index < -0.39 is 16.8 Å². The van der Waals surface area contributed by atoms with Gasteiger partial charge in [0.2, 0.25) is 5.91 Å². The summed E-state index contributed by atoms with van der Waals surface area (Å²) in [4.78, 5) is 23.5. The summed E-state index contributed by atoms with van der Waals surface area (Å²) in [6, 6.07) is 1.97. The Morgan fingerprint density at radius 1 is 1.22 bits per heavy atom. The zero-order valence-corrected chi connectivity index (χ0v) is 13.0. The first-order valence-corrected chi connectivity index (χ1v) is 8.60. The molecule has 1 amide bonds. The molecule has 122 valence electrons. The number of hydrogen-bond donors (Lipinski definition) is 3. The predicted octanol–water partition coefficient (Wildman–Crippen LogP) is 2.51. The summed E-state index contributed by atoms with van der Waals surface area (Å²) in [5, 5.41) is 19.4. The van der Waals surface area contributed by atoms with Gasteiger partial charge < -0.3 is 10.4 Å². The number of H-pyrrole nitrogens is 1. The molecule has 0 aromatic carbocycles. The average molecular weight is 315 g/mol. The van der Waals surface area contributed by atoms with E-state index in [0.717, 1.165) is 17.5 Å². The maximum atomic E-state index is 12.4. The van der Waals surface area contributed by atoms with Crippen LogP contribution in [0.25, 0.3) is 0 Å². The van der Waals surface area contributed by atoms with E-state index in [9.17, 15) is 9.59 Å². The van der Waals surface area contributed by atoms with Gasteiger partial charge in [-0.1, -0.05) is 6.42 Å². The number of nitrogens with one attached hydrogen (secondary N) is 2. The van der Waals surface area contributed by atoms with Crippen molar-refractivity contribution in [2.45, 2.75) is 50.9 Å². The molecule has 0 saturated heterocycles. The maximum Gasteiger partial charge on any atom is 0.309 e. The number of aromatic amines is 1. The second kappa shape index (κ2) is 4.16. The lowest BCUT2D eigenvalue weighted by molar-refractivity contribution is -0.217. The van der Waals surface area contributed by atoms with Crippen LogP contribution in [0.3, 0.4) is 0 Å². The van der Waals surface area contributed by atoms with Crippen LogP contribution in [-0.2, 0) is 9.59 Å². The molecule has 0 radical (unpaired) electrons. The van der Waals surface area contributed by atoms with E-state index in [1.165, 1.54) is 25.7 Å². The van der Waals surface area contributed by atoms with Gasteiger partial charge in [0.25, 0.3) is 0 Å². The molecule has 5 fully saturated rings. The van der Waals surface area contributed by atoms with E-state index in [1.54, 1.807) is 0 Å². The second-order valence-corrected chi connectivity index (χ2v) is 8.34. The molecule has 0 aliphatic heterocycles. The molecule has 0 spiro atoms. The molecule has 6 rings (SSSR count). The van der Waals surface area contributed by atoms with Crippen LogP contribution in [0.1, 0.15) is 56.6 Å². The van der Waals surface area contributed by atoms with E-state index in [2.05, 4.69) is 15.5 Å². The standard InChI is InChI=1S/C17H21N3O3/c21-14(16-6-17(7-16,8-16)15(22)23)18-13-5-12(19-20-13)11-4-9-1-2-10(11)3-9/h5,9-11H,1-4,6-8H2,(H,22,23)(H2,18,19,20,21). The lowest BCUT2D eigenvalue weighted by Crippen LogP contribution is -2.69. The van der Waals surface area contributed by atoms with Gasteiger partial charge in [-0.05, 0) is 50.4 Å². The number of nitrogens with zero attached hydrogens (tertiary/aromatic N) is 1. The molecule has 6 heteroatoms. The maximum absolute atomic E-state index is 12.4. The largest absolute Gasteiger partial charge is 0.481 e. The highest BCUT2D eigenvalue weighted by atomic mass is 16.4. The SMILES string of the molecule is O=C(O)C12CC(C(=O)Nc3cc(C4CC5CCC4C5)[nH]n3)(C1)C2. The van der Waals surface area contributed by atoms with Crippen molar-refractivity contribution in [3.8, 4) is 0 Å². The van der Waals surface area contributed by atoms with Crippen LogP contribution >= 0.6 is 0 Å². The van der Waals surface area contributed by atoms with Crippen molar-refractivity contribution in [3.63, 3.8) is 0 Å². The Morgan fingerprint density at radius 2 is 2.00 bits per heavy atom. The first-order chi connectivity index (χ1) is 11.0. The number of anilines is 1. The van der Waals surface area contributed by atoms with E-state index >= 15 is 0 Å². The number of carbonyl (C=O) groups excluding carboxylic acids is 1. The summed E-state index contributed by atoms with van der Waals surface area (Å²) in [5.74, 6) is 1.98. The van der Waals surface area contributed by atoms with Crippen molar-refractivity contribution >= 4 is 17.7 Å². The van der Waals surface area contributed by atoms with Crippen molar-refractivity contribution in [2.75, 3.05) is 5.32 Å². The molecule has 1 aromatic heterocycles. The Balaban J connectivity index is 1.24. The highest BCUT2D eigenvalue weighted by Gasteiger charge is 2.75. The third kappa shape index (κ3) is 1.72. The smallest absolute Gasteiger partial charge is 0.309 e. The van der Waals surface area contributed by atoms with Gasteiger partial charge in [0, 0.05) is 17.7 Å². The fourth-order valence-electron chi connectivity index (χ4n) is 5.72. The second-order valence-electron chi connectivity index (χ2n) is 8.34. The van der Waals surface area contributed by atoms with Gasteiger partial charge in [-0.25, -0.2) is 0 Å². The third-order valence-corrected chi connectivity index (χ3v) is 6.94. The number of amides is 1. The normalized spacial score (nSPS) is 42.9. The van der Waals surface area contributed by atoms with Crippen molar-refractivity contribution < 1.29 is 14.7 Å². The Kier molecular flexibility index (Phi) is 2.46. The summed E-state index contributed by atoms with van der Waals surface area (Å²) in [7, 11) is 0. The van der Waals surface area contributed by atoms with Gasteiger partial charge in [0.05, 0.1) is 10.8 Å². The Bertz CT molecular complexity index is 690. The average Bonchev–Trinajstić information content (AvgIpc) is 3.09. The minimum absolute atomic E-state index is 0.0633. The van der Waals surface area contributed by atoms with Gasteiger partial charge >= 0.3 is 5.97 Å². The minimum atomic E-state index is -0.759. The topological polar surface area (TPSA) is 95.1 Å². The fraction of sp³-hybridized carbons (Fsp3) is 0.706. The molecule has 5 aliphatic carbocycles. The summed E-state index contributed by atoms with van der Waals surface area (Å²) >= 11 is 0. The zero-order chi connectivity index (χ0) is 15.8. The van der Waals surface area contributed by atoms with Crippen molar-refractivity contribution in [1.29, 1.82) is 0 Å². The van der Waals surface area contributed by atoms with Gasteiger partial charge in [-0.3, -0.25) is 14.7 Å². The summed E-state index contributed by atoms with van der Waals surface area (Å²) < 4.78 is 0. The molecule has 3 N–H and O–H groups in total. The number of aromatic nitrogens is 2.